The molecular formula is C15H17Cl2NO3. The summed E-state index contributed by atoms with van der Waals surface area (Å²) >= 11 is 11.9. The molecule has 4 nitrogen and oxygen atoms in total. The Morgan fingerprint density at radius 1 is 1.29 bits per heavy atom. The van der Waals surface area contributed by atoms with E-state index in [-0.39, 0.29) is 10.6 Å². The summed E-state index contributed by atoms with van der Waals surface area (Å²) in [4.78, 5) is 24.0. The predicted octanol–water partition coefficient (Wildman–Crippen LogP) is 3.76. The molecule has 1 aromatic carbocycles. The van der Waals surface area contributed by atoms with Crippen LogP contribution in [0.15, 0.2) is 18.2 Å². The summed E-state index contributed by atoms with van der Waals surface area (Å²) in [6, 6.07) is 4.55. The van der Waals surface area contributed by atoms with Crippen molar-refractivity contribution in [2.24, 2.45) is 5.92 Å². The van der Waals surface area contributed by atoms with Gasteiger partial charge in [0.15, 0.2) is 0 Å². The highest BCUT2D eigenvalue weighted by Crippen LogP contribution is 2.33. The molecule has 0 aromatic heterocycles. The van der Waals surface area contributed by atoms with Crippen molar-refractivity contribution in [3.63, 3.8) is 0 Å². The highest BCUT2D eigenvalue weighted by molar-refractivity contribution is 6.35. The van der Waals surface area contributed by atoms with Gasteiger partial charge in [0.25, 0.3) is 5.91 Å². The van der Waals surface area contributed by atoms with Crippen molar-refractivity contribution in [2.75, 3.05) is 0 Å². The van der Waals surface area contributed by atoms with Gasteiger partial charge in [0.05, 0.1) is 10.6 Å². The molecule has 0 spiro atoms. The molecule has 0 radical (unpaired) electrons. The molecule has 114 valence electrons. The first kappa shape index (κ1) is 16.1. The monoisotopic (exact) mass is 329 g/mol. The normalized spacial score (nSPS) is 25.4. The summed E-state index contributed by atoms with van der Waals surface area (Å²) in [5.74, 6) is -1.02. The second-order valence-corrected chi connectivity index (χ2v) is 6.49. The van der Waals surface area contributed by atoms with Crippen LogP contribution in [-0.4, -0.2) is 22.5 Å². The highest BCUT2D eigenvalue weighted by atomic mass is 35.5. The average molecular weight is 330 g/mol. The smallest absolute Gasteiger partial charge is 0.329 e. The van der Waals surface area contributed by atoms with Gasteiger partial charge in [0.2, 0.25) is 0 Å². The number of carboxylic acids is 1. The van der Waals surface area contributed by atoms with E-state index >= 15 is 0 Å². The standard InChI is InChI=1S/C15H17Cl2NO3/c1-9-4-6-15(7-5-9,14(20)21)18-13(19)11-8-10(16)2-3-12(11)17/h2-3,8-9H,4-7H2,1H3,(H,18,19)(H,20,21). The van der Waals surface area contributed by atoms with E-state index in [1.54, 1.807) is 6.07 Å². The molecule has 1 amide bonds. The first-order chi connectivity index (χ1) is 9.84. The number of carboxylic acid groups (broad SMARTS) is 1. The summed E-state index contributed by atoms with van der Waals surface area (Å²) in [6.45, 7) is 2.08. The largest absolute Gasteiger partial charge is 0.480 e. The van der Waals surface area contributed by atoms with Crippen LogP contribution >= 0.6 is 23.2 Å². The molecule has 0 aliphatic heterocycles. The number of carbonyl (C=O) groups is 2. The fourth-order valence-electron chi connectivity index (χ4n) is 2.60. The van der Waals surface area contributed by atoms with Crippen molar-refractivity contribution < 1.29 is 14.7 Å². The number of hydrogen-bond donors (Lipinski definition) is 2. The third-order valence-electron chi connectivity index (χ3n) is 4.06. The number of halogens is 2. The van der Waals surface area contributed by atoms with Crippen LogP contribution in [-0.2, 0) is 4.79 Å². The second kappa shape index (κ2) is 6.24. The highest BCUT2D eigenvalue weighted by Gasteiger charge is 2.42. The Bertz CT molecular complexity index is 566. The van der Waals surface area contributed by atoms with Gasteiger partial charge in [-0.2, -0.15) is 0 Å². The zero-order valence-electron chi connectivity index (χ0n) is 11.7. The van der Waals surface area contributed by atoms with Crippen molar-refractivity contribution >= 4 is 35.1 Å². The maximum Gasteiger partial charge on any atom is 0.329 e. The summed E-state index contributed by atoms with van der Waals surface area (Å²) in [7, 11) is 0. The number of benzene rings is 1. The maximum absolute atomic E-state index is 12.4. The van der Waals surface area contributed by atoms with E-state index in [1.807, 2.05) is 0 Å². The van der Waals surface area contributed by atoms with Gasteiger partial charge in [0.1, 0.15) is 5.54 Å². The van der Waals surface area contributed by atoms with Crippen LogP contribution in [0.3, 0.4) is 0 Å². The Morgan fingerprint density at radius 2 is 1.90 bits per heavy atom. The molecule has 2 rings (SSSR count). The van der Waals surface area contributed by atoms with Crippen molar-refractivity contribution in [1.82, 2.24) is 5.32 Å². The predicted molar refractivity (Wildman–Crippen MR) is 81.9 cm³/mol. The van der Waals surface area contributed by atoms with Crippen LogP contribution in [0.2, 0.25) is 10.0 Å². The lowest BCUT2D eigenvalue weighted by Gasteiger charge is -2.36. The number of rotatable bonds is 3. The molecule has 0 unspecified atom stereocenters. The van der Waals surface area contributed by atoms with E-state index in [4.69, 9.17) is 23.2 Å². The lowest BCUT2D eigenvalue weighted by atomic mass is 9.77. The summed E-state index contributed by atoms with van der Waals surface area (Å²) in [5.41, 5.74) is -1.02. The molecule has 6 heteroatoms. The quantitative estimate of drug-likeness (QED) is 0.887. The van der Waals surface area contributed by atoms with Gasteiger partial charge in [-0.3, -0.25) is 4.79 Å². The number of hydrogen-bond acceptors (Lipinski definition) is 2. The van der Waals surface area contributed by atoms with Gasteiger partial charge in [-0.25, -0.2) is 4.79 Å². The Hall–Kier alpha value is -1.26. The van der Waals surface area contributed by atoms with E-state index in [0.29, 0.717) is 23.8 Å². The van der Waals surface area contributed by atoms with Crippen LogP contribution in [0.4, 0.5) is 0 Å². The molecule has 21 heavy (non-hydrogen) atoms. The van der Waals surface area contributed by atoms with E-state index in [1.165, 1.54) is 12.1 Å². The fraction of sp³-hybridized carbons (Fsp3) is 0.467. The molecule has 0 atom stereocenters. The Balaban J connectivity index is 2.23. The number of carbonyl (C=O) groups excluding carboxylic acids is 1. The molecule has 1 aromatic rings. The van der Waals surface area contributed by atoms with Crippen molar-refractivity contribution in [3.8, 4) is 0 Å². The summed E-state index contributed by atoms with van der Waals surface area (Å²) in [6.07, 6.45) is 2.40. The SMILES string of the molecule is CC1CCC(NC(=O)c2cc(Cl)ccc2Cl)(C(=O)O)CC1. The lowest BCUT2D eigenvalue weighted by Crippen LogP contribution is -2.56. The van der Waals surface area contributed by atoms with Gasteiger partial charge >= 0.3 is 5.97 Å². The molecule has 0 saturated heterocycles. The van der Waals surface area contributed by atoms with Gasteiger partial charge in [-0.05, 0) is 49.8 Å². The second-order valence-electron chi connectivity index (χ2n) is 5.65. The van der Waals surface area contributed by atoms with E-state index < -0.39 is 17.4 Å². The molecule has 2 N–H and O–H groups in total. The molecular weight excluding hydrogens is 313 g/mol. The molecule has 1 saturated carbocycles. The number of nitrogens with one attached hydrogen (secondary N) is 1. The lowest BCUT2D eigenvalue weighted by molar-refractivity contribution is -0.146. The molecule has 0 bridgehead atoms. The van der Waals surface area contributed by atoms with Gasteiger partial charge in [-0.1, -0.05) is 30.1 Å². The van der Waals surface area contributed by atoms with Gasteiger partial charge in [0, 0.05) is 5.02 Å². The summed E-state index contributed by atoms with van der Waals surface area (Å²) in [5, 5.41) is 12.8. The third-order valence-corrected chi connectivity index (χ3v) is 4.63. The van der Waals surface area contributed by atoms with Gasteiger partial charge in [-0.15, -0.1) is 0 Å². The first-order valence-electron chi connectivity index (χ1n) is 6.85. The van der Waals surface area contributed by atoms with Crippen molar-refractivity contribution in [3.05, 3.63) is 33.8 Å². The Labute approximate surface area is 133 Å². The van der Waals surface area contributed by atoms with Crippen molar-refractivity contribution in [1.29, 1.82) is 0 Å². The van der Waals surface area contributed by atoms with E-state index in [2.05, 4.69) is 12.2 Å². The van der Waals surface area contributed by atoms with E-state index in [9.17, 15) is 14.7 Å². The van der Waals surface area contributed by atoms with Crippen LogP contribution in [0.5, 0.6) is 0 Å². The Kier molecular flexibility index (Phi) is 4.79. The van der Waals surface area contributed by atoms with Crippen LogP contribution in [0.25, 0.3) is 0 Å². The topological polar surface area (TPSA) is 66.4 Å². The van der Waals surface area contributed by atoms with Crippen LogP contribution < -0.4 is 5.32 Å². The van der Waals surface area contributed by atoms with Crippen LogP contribution in [0, 0.1) is 5.92 Å². The minimum absolute atomic E-state index is 0.198. The third kappa shape index (κ3) is 3.50. The average Bonchev–Trinajstić information content (AvgIpc) is 2.44. The maximum atomic E-state index is 12.4. The Morgan fingerprint density at radius 3 is 2.48 bits per heavy atom. The molecule has 1 fully saturated rings. The van der Waals surface area contributed by atoms with E-state index in [0.717, 1.165) is 12.8 Å². The van der Waals surface area contributed by atoms with Crippen LogP contribution in [0.1, 0.15) is 43.0 Å². The zero-order chi connectivity index (χ0) is 15.6. The zero-order valence-corrected chi connectivity index (χ0v) is 13.2. The minimum atomic E-state index is -1.21. The number of amides is 1. The van der Waals surface area contributed by atoms with Crippen molar-refractivity contribution in [2.45, 2.75) is 38.1 Å². The first-order valence-corrected chi connectivity index (χ1v) is 7.60. The molecule has 1 aliphatic rings. The number of aliphatic carboxylic acids is 1. The minimum Gasteiger partial charge on any atom is -0.480 e. The molecule has 1 aliphatic carbocycles. The fourth-order valence-corrected chi connectivity index (χ4v) is 2.98. The van der Waals surface area contributed by atoms with Gasteiger partial charge < -0.3 is 10.4 Å². The summed E-state index contributed by atoms with van der Waals surface area (Å²) < 4.78 is 0. The molecule has 0 heterocycles.